The number of unbranched alkanes of at least 4 members (excludes halogenated alkanes) is 10. The van der Waals surface area contributed by atoms with Gasteiger partial charge in [0.25, 0.3) is 0 Å². The maximum absolute atomic E-state index is 12.9. The third-order valence-corrected chi connectivity index (χ3v) is 7.81. The summed E-state index contributed by atoms with van der Waals surface area (Å²) in [5.74, 6) is 0.877. The lowest BCUT2D eigenvalue weighted by molar-refractivity contribution is 0.0965. The molecule has 0 spiro atoms. The Morgan fingerprint density at radius 1 is 0.524 bits per heavy atom. The minimum atomic E-state index is -0.717. The van der Waals surface area contributed by atoms with Crippen LogP contribution >= 0.6 is 0 Å². The zero-order chi connectivity index (χ0) is 30.2. The van der Waals surface area contributed by atoms with Gasteiger partial charge in [-0.3, -0.25) is 0 Å². The minimum absolute atomic E-state index is 0.327. The van der Waals surface area contributed by atoms with Crippen LogP contribution < -0.4 is 9.47 Å². The Morgan fingerprint density at radius 3 is 1.29 bits per heavy atom. The lowest BCUT2D eigenvalue weighted by Crippen LogP contribution is -2.14. The van der Waals surface area contributed by atoms with Gasteiger partial charge in [0.05, 0.1) is 13.2 Å². The molecule has 0 unspecified atom stereocenters. The van der Waals surface area contributed by atoms with Gasteiger partial charge in [0.15, 0.2) is 11.5 Å². The first-order chi connectivity index (χ1) is 20.5. The number of ether oxygens (including phenoxy) is 4. The van der Waals surface area contributed by atoms with E-state index in [-0.39, 0.29) is 0 Å². The second-order valence-corrected chi connectivity index (χ2v) is 11.0. The van der Waals surface area contributed by atoms with Crippen molar-refractivity contribution in [3.8, 4) is 11.5 Å². The van der Waals surface area contributed by atoms with E-state index in [0.717, 1.165) is 60.4 Å². The topological polar surface area (TPSA) is 71.1 Å². The van der Waals surface area contributed by atoms with Gasteiger partial charge in [-0.05, 0) is 36.8 Å². The summed E-state index contributed by atoms with van der Waals surface area (Å²) < 4.78 is 22.9. The number of rotatable bonds is 18. The van der Waals surface area contributed by atoms with Crippen molar-refractivity contribution in [3.05, 3.63) is 47.5 Å². The number of aryl methyl sites for hydroxylation is 2. The van der Waals surface area contributed by atoms with Crippen LogP contribution in [0.2, 0.25) is 0 Å². The van der Waals surface area contributed by atoms with Crippen LogP contribution in [0.3, 0.4) is 0 Å². The van der Waals surface area contributed by atoms with E-state index in [4.69, 9.17) is 18.9 Å². The molecule has 230 valence electrons. The molecule has 3 rings (SSSR count). The first-order valence-electron chi connectivity index (χ1n) is 16.2. The highest BCUT2D eigenvalue weighted by atomic mass is 16.7. The van der Waals surface area contributed by atoms with Crippen LogP contribution in [0.5, 0.6) is 11.5 Å². The lowest BCUT2D eigenvalue weighted by Gasteiger charge is -2.19. The SMILES string of the molecule is CCCCCCCCOC(=O)Oc1c2cccc(CC)c2c(OC(=O)OCCCCCCCC)c2cccc(CC)c12. The largest absolute Gasteiger partial charge is 0.513 e. The van der Waals surface area contributed by atoms with Crippen LogP contribution in [0.15, 0.2) is 36.4 Å². The maximum atomic E-state index is 12.9. The Hall–Kier alpha value is -3.28. The molecule has 0 bridgehead atoms. The molecular weight excluding hydrogens is 528 g/mol. The van der Waals surface area contributed by atoms with Crippen molar-refractivity contribution >= 4 is 33.9 Å². The molecule has 6 heteroatoms. The molecule has 0 saturated heterocycles. The summed E-state index contributed by atoms with van der Waals surface area (Å²) in [6.45, 7) is 9.15. The normalized spacial score (nSPS) is 11.1. The minimum Gasteiger partial charge on any atom is -0.434 e. The van der Waals surface area contributed by atoms with Gasteiger partial charge >= 0.3 is 12.3 Å². The zero-order valence-electron chi connectivity index (χ0n) is 26.2. The van der Waals surface area contributed by atoms with Crippen LogP contribution in [0.1, 0.15) is 116 Å². The van der Waals surface area contributed by atoms with Gasteiger partial charge in [0, 0.05) is 21.5 Å². The molecule has 0 aliphatic carbocycles. The molecule has 0 atom stereocenters. The van der Waals surface area contributed by atoms with Crippen molar-refractivity contribution in [1.29, 1.82) is 0 Å². The van der Waals surface area contributed by atoms with E-state index in [9.17, 15) is 9.59 Å². The second kappa shape index (κ2) is 18.3. The molecule has 0 N–H and O–H groups in total. The molecule has 0 aromatic heterocycles. The second-order valence-electron chi connectivity index (χ2n) is 11.0. The maximum Gasteiger partial charge on any atom is 0.513 e. The number of carbonyl (C=O) groups is 2. The van der Waals surface area contributed by atoms with Crippen molar-refractivity contribution in [2.24, 2.45) is 0 Å². The monoisotopic (exact) mass is 578 g/mol. The van der Waals surface area contributed by atoms with Crippen molar-refractivity contribution in [3.63, 3.8) is 0 Å². The molecule has 0 saturated carbocycles. The van der Waals surface area contributed by atoms with Gasteiger partial charge in [-0.25, -0.2) is 9.59 Å². The molecule has 0 amide bonds. The van der Waals surface area contributed by atoms with Crippen LogP contribution in [0.25, 0.3) is 21.5 Å². The summed E-state index contributed by atoms with van der Waals surface area (Å²) in [6.07, 6.45) is 13.2. The molecule has 0 heterocycles. The van der Waals surface area contributed by atoms with Gasteiger partial charge in [-0.2, -0.15) is 0 Å². The highest BCUT2D eigenvalue weighted by Gasteiger charge is 2.24. The van der Waals surface area contributed by atoms with Crippen LogP contribution in [0, 0.1) is 0 Å². The highest BCUT2D eigenvalue weighted by Crippen LogP contribution is 2.46. The quantitative estimate of drug-likeness (QED) is 0.0647. The highest BCUT2D eigenvalue weighted by molar-refractivity contribution is 6.14. The summed E-state index contributed by atoms with van der Waals surface area (Å²) in [4.78, 5) is 25.9. The average molecular weight is 579 g/mol. The van der Waals surface area contributed by atoms with E-state index >= 15 is 0 Å². The zero-order valence-corrected chi connectivity index (χ0v) is 26.2. The number of carbonyl (C=O) groups excluding carboxylic acids is 2. The Labute approximate surface area is 252 Å². The average Bonchev–Trinajstić information content (AvgIpc) is 3.00. The predicted molar refractivity (Wildman–Crippen MR) is 171 cm³/mol. The predicted octanol–water partition coefficient (Wildman–Crippen LogP) is 10.9. The molecule has 0 radical (unpaired) electrons. The number of hydrogen-bond acceptors (Lipinski definition) is 6. The molecule has 0 fully saturated rings. The smallest absolute Gasteiger partial charge is 0.434 e. The van der Waals surface area contributed by atoms with Gasteiger partial charge in [-0.15, -0.1) is 0 Å². The van der Waals surface area contributed by atoms with E-state index < -0.39 is 12.3 Å². The molecule has 3 aromatic carbocycles. The van der Waals surface area contributed by atoms with Crippen molar-refractivity contribution in [2.45, 2.75) is 118 Å². The first-order valence-corrected chi connectivity index (χ1v) is 16.2. The molecule has 6 nitrogen and oxygen atoms in total. The van der Waals surface area contributed by atoms with Crippen LogP contribution in [0.4, 0.5) is 9.59 Å². The molecule has 3 aromatic rings. The van der Waals surface area contributed by atoms with Crippen molar-refractivity contribution in [1.82, 2.24) is 0 Å². The van der Waals surface area contributed by atoms with Gasteiger partial charge in [0.2, 0.25) is 0 Å². The number of hydrogen-bond donors (Lipinski definition) is 0. The fourth-order valence-electron chi connectivity index (χ4n) is 5.49. The summed E-state index contributed by atoms with van der Waals surface area (Å²) in [5.41, 5.74) is 1.97. The van der Waals surface area contributed by atoms with Crippen LogP contribution in [-0.4, -0.2) is 25.5 Å². The standard InChI is InChI=1S/C36H50O6/c1-5-9-11-13-15-17-25-39-35(37)41-33-29-23-19-22-28(8-4)32(29)34(30-24-20-21-27(7-3)31(30)33)42-36(38)40-26-18-16-14-12-10-6-2/h19-24H,5-18,25-26H2,1-4H3. The Morgan fingerprint density at radius 2 is 0.905 bits per heavy atom. The lowest BCUT2D eigenvalue weighted by atomic mass is 9.93. The summed E-state index contributed by atoms with van der Waals surface area (Å²) in [5, 5.41) is 2.91. The number of benzene rings is 3. The van der Waals surface area contributed by atoms with Gasteiger partial charge < -0.3 is 18.9 Å². The molecule has 0 aliphatic rings. The Bertz CT molecular complexity index is 1180. The molecule has 0 aliphatic heterocycles. The first kappa shape index (κ1) is 33.2. The fraction of sp³-hybridized carbons (Fsp3) is 0.556. The third kappa shape index (κ3) is 9.37. The van der Waals surface area contributed by atoms with E-state index in [1.54, 1.807) is 0 Å². The van der Waals surface area contributed by atoms with Gasteiger partial charge in [0.1, 0.15) is 0 Å². The van der Waals surface area contributed by atoms with E-state index in [1.807, 2.05) is 36.4 Å². The molecular formula is C36H50O6. The Balaban J connectivity index is 1.88. The van der Waals surface area contributed by atoms with E-state index in [0.29, 0.717) is 48.3 Å². The van der Waals surface area contributed by atoms with Crippen molar-refractivity contribution in [2.75, 3.05) is 13.2 Å². The van der Waals surface area contributed by atoms with Crippen molar-refractivity contribution < 1.29 is 28.5 Å². The van der Waals surface area contributed by atoms with Crippen LogP contribution in [-0.2, 0) is 22.3 Å². The third-order valence-electron chi connectivity index (χ3n) is 7.81. The van der Waals surface area contributed by atoms with Gasteiger partial charge in [-0.1, -0.05) is 128 Å². The molecule has 42 heavy (non-hydrogen) atoms. The van der Waals surface area contributed by atoms with E-state index in [1.165, 1.54) is 38.5 Å². The summed E-state index contributed by atoms with van der Waals surface area (Å²) in [7, 11) is 0. The summed E-state index contributed by atoms with van der Waals surface area (Å²) >= 11 is 0. The summed E-state index contributed by atoms with van der Waals surface area (Å²) in [6, 6.07) is 11.7. The number of fused-ring (bicyclic) bond motifs is 2. The fourth-order valence-corrected chi connectivity index (χ4v) is 5.49. The Kier molecular flexibility index (Phi) is 14.5. The van der Waals surface area contributed by atoms with E-state index in [2.05, 4.69) is 27.7 Å².